The maximum absolute atomic E-state index is 12.2. The smallest absolute Gasteiger partial charge is 0.410 e. The summed E-state index contributed by atoms with van der Waals surface area (Å²) in [6.07, 6.45) is 5.23. The molecule has 3 rings (SSSR count). The average Bonchev–Trinajstić information content (AvgIpc) is 3.25. The zero-order valence-corrected chi connectivity index (χ0v) is 18.0. The molecule has 28 heavy (non-hydrogen) atoms. The Morgan fingerprint density at radius 1 is 1.18 bits per heavy atom. The number of hydrogen-bond acceptors (Lipinski definition) is 5. The van der Waals surface area contributed by atoms with Crippen molar-refractivity contribution in [1.82, 2.24) is 4.90 Å². The molecule has 0 radical (unpaired) electrons. The van der Waals surface area contributed by atoms with E-state index in [-0.39, 0.29) is 6.09 Å². The second-order valence-electron chi connectivity index (χ2n) is 9.11. The van der Waals surface area contributed by atoms with Gasteiger partial charge in [-0.2, -0.15) is 0 Å². The monoisotopic (exact) mass is 409 g/mol. The van der Waals surface area contributed by atoms with E-state index in [4.69, 9.17) is 9.47 Å². The zero-order valence-electron chi connectivity index (χ0n) is 17.2. The van der Waals surface area contributed by atoms with E-state index in [9.17, 15) is 13.2 Å². The van der Waals surface area contributed by atoms with E-state index < -0.39 is 15.4 Å². The maximum Gasteiger partial charge on any atom is 0.410 e. The minimum atomic E-state index is -3.18. The molecule has 1 spiro atoms. The fraction of sp³-hybridized carbons (Fsp3) is 0.667. The lowest BCUT2D eigenvalue weighted by Gasteiger charge is -2.34. The highest BCUT2D eigenvalue weighted by molar-refractivity contribution is 7.90. The number of carbonyl (C=O) groups excluding carboxylic acids is 1. The lowest BCUT2D eigenvalue weighted by Crippen LogP contribution is -2.42. The largest absolute Gasteiger partial charge is 0.494 e. The first-order valence-electron chi connectivity index (χ1n) is 9.89. The van der Waals surface area contributed by atoms with Gasteiger partial charge in [0.25, 0.3) is 0 Å². The van der Waals surface area contributed by atoms with Crippen LogP contribution in [0.25, 0.3) is 0 Å². The van der Waals surface area contributed by atoms with Gasteiger partial charge in [-0.3, -0.25) is 0 Å². The lowest BCUT2D eigenvalue weighted by atomic mass is 9.90. The number of rotatable bonds is 5. The van der Waals surface area contributed by atoms with E-state index in [1.165, 1.54) is 12.7 Å². The Kier molecular flexibility index (Phi) is 5.67. The Morgan fingerprint density at radius 2 is 1.79 bits per heavy atom. The number of likely N-dealkylation sites (tertiary alicyclic amines) is 1. The van der Waals surface area contributed by atoms with Crippen molar-refractivity contribution in [1.29, 1.82) is 0 Å². The van der Waals surface area contributed by atoms with Crippen LogP contribution in [0, 0.1) is 11.3 Å². The van der Waals surface area contributed by atoms with Crippen LogP contribution in [0.2, 0.25) is 0 Å². The van der Waals surface area contributed by atoms with Gasteiger partial charge in [0, 0.05) is 19.3 Å². The number of nitrogens with zero attached hydrogens (tertiary/aromatic N) is 1. The van der Waals surface area contributed by atoms with Crippen molar-refractivity contribution >= 4 is 15.9 Å². The van der Waals surface area contributed by atoms with Gasteiger partial charge in [0.05, 0.1) is 11.5 Å². The normalized spacial score (nSPS) is 21.4. The third-order valence-electron chi connectivity index (χ3n) is 5.76. The fourth-order valence-corrected chi connectivity index (χ4v) is 4.65. The van der Waals surface area contributed by atoms with Crippen LogP contribution in [0.4, 0.5) is 4.79 Å². The molecule has 1 heterocycles. The molecule has 6 nitrogen and oxygen atoms in total. The second kappa shape index (κ2) is 7.58. The standard InChI is InChI=1S/C21H31NO5S/c1-20(2,3)27-19(23)22-12-10-21(11-13-22)15-16(21)9-14-26-17-5-7-18(8-6-17)28(4,24)25/h5-8,16H,9-15H2,1-4H3. The van der Waals surface area contributed by atoms with Crippen molar-refractivity contribution in [2.24, 2.45) is 11.3 Å². The first-order chi connectivity index (χ1) is 13.0. The Morgan fingerprint density at radius 3 is 2.32 bits per heavy atom. The van der Waals surface area contributed by atoms with Crippen molar-refractivity contribution in [3.8, 4) is 5.75 Å². The van der Waals surface area contributed by atoms with Crippen LogP contribution in [-0.2, 0) is 14.6 Å². The van der Waals surface area contributed by atoms with E-state index in [0.717, 1.165) is 32.4 Å². The van der Waals surface area contributed by atoms with Gasteiger partial charge in [0.2, 0.25) is 0 Å². The number of piperidine rings is 1. The molecule has 1 saturated carbocycles. The highest BCUT2D eigenvalue weighted by Crippen LogP contribution is 2.60. The van der Waals surface area contributed by atoms with Gasteiger partial charge >= 0.3 is 6.09 Å². The highest BCUT2D eigenvalue weighted by atomic mass is 32.2. The van der Waals surface area contributed by atoms with Crippen LogP contribution in [0.5, 0.6) is 5.75 Å². The number of carbonyl (C=O) groups is 1. The zero-order chi connectivity index (χ0) is 20.6. The number of ether oxygens (including phenoxy) is 2. The molecule has 1 aromatic carbocycles. The van der Waals surface area contributed by atoms with Crippen molar-refractivity contribution in [3.05, 3.63) is 24.3 Å². The first kappa shape index (κ1) is 21.0. The average molecular weight is 410 g/mol. The predicted octanol–water partition coefficient (Wildman–Crippen LogP) is 3.90. The minimum absolute atomic E-state index is 0.208. The summed E-state index contributed by atoms with van der Waals surface area (Å²) in [7, 11) is -3.18. The molecule has 2 aliphatic rings. The van der Waals surface area contributed by atoms with Crippen LogP contribution in [0.3, 0.4) is 0 Å². The topological polar surface area (TPSA) is 72.9 Å². The van der Waals surface area contributed by atoms with Gasteiger partial charge in [-0.05, 0) is 82.1 Å². The van der Waals surface area contributed by atoms with Crippen molar-refractivity contribution in [3.63, 3.8) is 0 Å². The van der Waals surface area contributed by atoms with Crippen molar-refractivity contribution < 1.29 is 22.7 Å². The number of benzene rings is 1. The minimum Gasteiger partial charge on any atom is -0.494 e. The van der Waals surface area contributed by atoms with E-state index in [0.29, 0.717) is 28.6 Å². The molecule has 156 valence electrons. The molecule has 1 saturated heterocycles. The summed E-state index contributed by atoms with van der Waals surface area (Å²) in [5, 5.41) is 0. The SMILES string of the molecule is CC(C)(C)OC(=O)N1CCC2(CC1)CC2CCOc1ccc(S(C)(=O)=O)cc1. The second-order valence-corrected chi connectivity index (χ2v) is 11.1. The predicted molar refractivity (Wildman–Crippen MR) is 107 cm³/mol. The Labute approximate surface area is 168 Å². The van der Waals surface area contributed by atoms with Crippen LogP contribution >= 0.6 is 0 Å². The van der Waals surface area contributed by atoms with Gasteiger partial charge < -0.3 is 14.4 Å². The fourth-order valence-electron chi connectivity index (χ4n) is 4.02. The van der Waals surface area contributed by atoms with Crippen LogP contribution in [0.15, 0.2) is 29.2 Å². The summed E-state index contributed by atoms with van der Waals surface area (Å²) in [5.41, 5.74) is -0.0901. The third-order valence-corrected chi connectivity index (χ3v) is 6.89. The lowest BCUT2D eigenvalue weighted by molar-refractivity contribution is 0.0163. The molecule has 1 unspecified atom stereocenters. The van der Waals surface area contributed by atoms with Gasteiger partial charge in [-0.15, -0.1) is 0 Å². The maximum atomic E-state index is 12.2. The molecule has 1 aliphatic carbocycles. The Balaban J connectivity index is 1.40. The van der Waals surface area contributed by atoms with Crippen LogP contribution in [0.1, 0.15) is 46.5 Å². The van der Waals surface area contributed by atoms with Crippen LogP contribution in [-0.4, -0.2) is 51.0 Å². The molecular weight excluding hydrogens is 378 g/mol. The van der Waals surface area contributed by atoms with Crippen molar-refractivity contribution in [2.75, 3.05) is 26.0 Å². The van der Waals surface area contributed by atoms with Gasteiger partial charge in [-0.1, -0.05) is 0 Å². The van der Waals surface area contributed by atoms with E-state index >= 15 is 0 Å². The molecule has 1 amide bonds. The molecule has 0 aromatic heterocycles. The first-order valence-corrected chi connectivity index (χ1v) is 11.8. The molecule has 0 N–H and O–H groups in total. The van der Waals surface area contributed by atoms with Gasteiger partial charge in [0.1, 0.15) is 11.4 Å². The summed E-state index contributed by atoms with van der Waals surface area (Å²) < 4.78 is 34.2. The summed E-state index contributed by atoms with van der Waals surface area (Å²) in [6.45, 7) is 7.82. The van der Waals surface area contributed by atoms with Gasteiger partial charge in [0.15, 0.2) is 9.84 Å². The summed E-state index contributed by atoms with van der Waals surface area (Å²) >= 11 is 0. The van der Waals surface area contributed by atoms with Crippen molar-refractivity contribution in [2.45, 2.75) is 57.0 Å². The third kappa shape index (κ3) is 5.19. The van der Waals surface area contributed by atoms with E-state index in [1.54, 1.807) is 24.3 Å². The number of sulfone groups is 1. The van der Waals surface area contributed by atoms with Crippen LogP contribution < -0.4 is 4.74 Å². The molecule has 2 fully saturated rings. The molecule has 0 bridgehead atoms. The summed E-state index contributed by atoms with van der Waals surface area (Å²) in [4.78, 5) is 14.3. The van der Waals surface area contributed by atoms with E-state index in [2.05, 4.69) is 0 Å². The molecule has 1 aliphatic heterocycles. The quantitative estimate of drug-likeness (QED) is 0.737. The molecule has 1 atom stereocenters. The Bertz CT molecular complexity index is 802. The molecule has 1 aromatic rings. The molecular formula is C21H31NO5S. The number of amides is 1. The Hall–Kier alpha value is -1.76. The molecule has 7 heteroatoms. The number of hydrogen-bond donors (Lipinski definition) is 0. The summed E-state index contributed by atoms with van der Waals surface area (Å²) in [6, 6.07) is 6.57. The highest BCUT2D eigenvalue weighted by Gasteiger charge is 2.54. The summed E-state index contributed by atoms with van der Waals surface area (Å²) in [5.74, 6) is 1.34. The van der Waals surface area contributed by atoms with Gasteiger partial charge in [-0.25, -0.2) is 13.2 Å². The van der Waals surface area contributed by atoms with E-state index in [1.807, 2.05) is 25.7 Å².